The minimum absolute atomic E-state index is 0.110. The van der Waals surface area contributed by atoms with Gasteiger partial charge in [0.15, 0.2) is 0 Å². The number of halogens is 3. The SMILES string of the molecule is Cc1cccc(C(=O)Nc2c(Br)cccc2Br)c1I. The molecule has 0 unspecified atom stereocenters. The van der Waals surface area contributed by atoms with Crippen LogP contribution in [0.15, 0.2) is 45.3 Å². The van der Waals surface area contributed by atoms with Crippen LogP contribution in [0.2, 0.25) is 0 Å². The van der Waals surface area contributed by atoms with Crippen LogP contribution in [0.5, 0.6) is 0 Å². The fourth-order valence-electron chi connectivity index (χ4n) is 1.62. The Morgan fingerprint density at radius 3 is 2.32 bits per heavy atom. The number of rotatable bonds is 2. The van der Waals surface area contributed by atoms with Gasteiger partial charge in [0, 0.05) is 12.5 Å². The molecule has 0 fully saturated rings. The number of hydrogen-bond donors (Lipinski definition) is 1. The number of carbonyl (C=O) groups excluding carboxylic acids is 1. The molecule has 0 aromatic heterocycles. The first-order valence-corrected chi connectivity index (χ1v) is 8.17. The lowest BCUT2D eigenvalue weighted by Gasteiger charge is -2.11. The number of benzene rings is 2. The van der Waals surface area contributed by atoms with E-state index in [1.165, 1.54) is 0 Å². The Bertz CT molecular complexity index is 623. The van der Waals surface area contributed by atoms with Gasteiger partial charge in [-0.05, 0) is 85.1 Å². The molecule has 0 saturated heterocycles. The van der Waals surface area contributed by atoms with Gasteiger partial charge in [-0.15, -0.1) is 0 Å². The van der Waals surface area contributed by atoms with Gasteiger partial charge in [0.05, 0.1) is 11.3 Å². The van der Waals surface area contributed by atoms with Crippen molar-refractivity contribution in [2.75, 3.05) is 5.32 Å². The molecule has 0 bridgehead atoms. The summed E-state index contributed by atoms with van der Waals surface area (Å²) in [4.78, 5) is 12.3. The number of hydrogen-bond acceptors (Lipinski definition) is 1. The molecule has 0 atom stereocenters. The van der Waals surface area contributed by atoms with E-state index in [2.05, 4.69) is 59.8 Å². The normalized spacial score (nSPS) is 10.3. The summed E-state index contributed by atoms with van der Waals surface area (Å²) in [7, 11) is 0. The maximum atomic E-state index is 12.3. The molecule has 2 rings (SSSR count). The van der Waals surface area contributed by atoms with Crippen LogP contribution >= 0.6 is 54.5 Å². The number of nitrogens with one attached hydrogen (secondary N) is 1. The maximum absolute atomic E-state index is 12.3. The topological polar surface area (TPSA) is 29.1 Å². The molecular weight excluding hydrogens is 485 g/mol. The molecule has 5 heteroatoms. The van der Waals surface area contributed by atoms with Crippen LogP contribution < -0.4 is 5.32 Å². The number of aryl methyl sites for hydroxylation is 1. The average Bonchev–Trinajstić information content (AvgIpc) is 2.37. The molecule has 2 nitrogen and oxygen atoms in total. The monoisotopic (exact) mass is 493 g/mol. The Hall–Kier alpha value is -0.400. The smallest absolute Gasteiger partial charge is 0.256 e. The van der Waals surface area contributed by atoms with Crippen molar-refractivity contribution in [3.8, 4) is 0 Å². The van der Waals surface area contributed by atoms with Gasteiger partial charge in [0.1, 0.15) is 0 Å². The molecule has 0 aliphatic carbocycles. The second-order valence-electron chi connectivity index (χ2n) is 3.99. The van der Waals surface area contributed by atoms with Crippen LogP contribution in [0.1, 0.15) is 15.9 Å². The minimum atomic E-state index is -0.110. The van der Waals surface area contributed by atoms with Gasteiger partial charge in [0.2, 0.25) is 0 Å². The Morgan fingerprint density at radius 1 is 1.11 bits per heavy atom. The molecule has 2 aromatic rings. The van der Waals surface area contributed by atoms with Gasteiger partial charge in [-0.3, -0.25) is 4.79 Å². The van der Waals surface area contributed by atoms with Crippen molar-refractivity contribution in [3.05, 3.63) is 60.0 Å². The van der Waals surface area contributed by atoms with Crippen LogP contribution in [-0.4, -0.2) is 5.91 Å². The highest BCUT2D eigenvalue weighted by Gasteiger charge is 2.14. The lowest BCUT2D eigenvalue weighted by Crippen LogP contribution is -2.14. The molecule has 19 heavy (non-hydrogen) atoms. The first kappa shape index (κ1) is 15.0. The third-order valence-corrected chi connectivity index (χ3v) is 5.39. The summed E-state index contributed by atoms with van der Waals surface area (Å²) in [6.07, 6.45) is 0. The molecule has 0 radical (unpaired) electrons. The first-order chi connectivity index (χ1) is 9.00. The Balaban J connectivity index is 2.34. The molecule has 2 aromatic carbocycles. The average molecular weight is 495 g/mol. The zero-order valence-electron chi connectivity index (χ0n) is 10.0. The number of amides is 1. The summed E-state index contributed by atoms with van der Waals surface area (Å²) in [6.45, 7) is 1.99. The van der Waals surface area contributed by atoms with Gasteiger partial charge in [0.25, 0.3) is 5.91 Å². The van der Waals surface area contributed by atoms with Gasteiger partial charge in [-0.25, -0.2) is 0 Å². The molecule has 1 N–H and O–H groups in total. The third-order valence-electron chi connectivity index (χ3n) is 2.64. The van der Waals surface area contributed by atoms with Crippen molar-refractivity contribution < 1.29 is 4.79 Å². The Morgan fingerprint density at radius 2 is 1.68 bits per heavy atom. The van der Waals surface area contributed by atoms with Crippen LogP contribution in [0, 0.1) is 10.5 Å². The molecule has 0 aliphatic rings. The molecule has 0 heterocycles. The maximum Gasteiger partial charge on any atom is 0.256 e. The number of anilines is 1. The quantitative estimate of drug-likeness (QED) is 0.558. The van der Waals surface area contributed by atoms with Crippen molar-refractivity contribution in [3.63, 3.8) is 0 Å². The summed E-state index contributed by atoms with van der Waals surface area (Å²) in [5.74, 6) is -0.110. The summed E-state index contributed by atoms with van der Waals surface area (Å²) < 4.78 is 2.66. The summed E-state index contributed by atoms with van der Waals surface area (Å²) >= 11 is 9.07. The van der Waals surface area contributed by atoms with E-state index in [9.17, 15) is 4.79 Å². The Kier molecular flexibility index (Phi) is 5.03. The number of para-hydroxylation sites is 1. The second-order valence-corrected chi connectivity index (χ2v) is 6.77. The van der Waals surface area contributed by atoms with Crippen molar-refractivity contribution >= 4 is 66.0 Å². The van der Waals surface area contributed by atoms with Crippen molar-refractivity contribution in [2.24, 2.45) is 0 Å². The number of carbonyl (C=O) groups is 1. The predicted octanol–water partition coefficient (Wildman–Crippen LogP) is 5.38. The van der Waals surface area contributed by atoms with E-state index in [0.717, 1.165) is 23.8 Å². The van der Waals surface area contributed by atoms with Gasteiger partial charge >= 0.3 is 0 Å². The van der Waals surface area contributed by atoms with Gasteiger partial charge in [-0.2, -0.15) is 0 Å². The summed E-state index contributed by atoms with van der Waals surface area (Å²) in [5, 5.41) is 2.93. The van der Waals surface area contributed by atoms with Crippen molar-refractivity contribution in [1.82, 2.24) is 0 Å². The fraction of sp³-hybridized carbons (Fsp3) is 0.0714. The molecule has 0 aliphatic heterocycles. The molecular formula is C14H10Br2INO. The van der Waals surface area contributed by atoms with E-state index < -0.39 is 0 Å². The highest BCUT2D eigenvalue weighted by Crippen LogP contribution is 2.31. The van der Waals surface area contributed by atoms with Crippen LogP contribution in [0.4, 0.5) is 5.69 Å². The summed E-state index contributed by atoms with van der Waals surface area (Å²) in [6, 6.07) is 11.4. The van der Waals surface area contributed by atoms with E-state index in [4.69, 9.17) is 0 Å². The van der Waals surface area contributed by atoms with E-state index in [-0.39, 0.29) is 5.91 Å². The molecule has 0 spiro atoms. The molecule has 0 saturated carbocycles. The van der Waals surface area contributed by atoms with Crippen molar-refractivity contribution in [2.45, 2.75) is 6.92 Å². The predicted molar refractivity (Wildman–Crippen MR) is 93.7 cm³/mol. The third kappa shape index (κ3) is 3.38. The van der Waals surface area contributed by atoms with Crippen molar-refractivity contribution in [1.29, 1.82) is 0 Å². The fourth-order valence-corrected chi connectivity index (χ4v) is 3.42. The van der Waals surface area contributed by atoms with E-state index >= 15 is 0 Å². The van der Waals surface area contributed by atoms with Crippen LogP contribution in [-0.2, 0) is 0 Å². The van der Waals surface area contributed by atoms with E-state index in [1.54, 1.807) is 0 Å². The zero-order chi connectivity index (χ0) is 14.0. The lowest BCUT2D eigenvalue weighted by atomic mass is 10.1. The van der Waals surface area contributed by atoms with E-state index in [0.29, 0.717) is 5.56 Å². The standard InChI is InChI=1S/C14H10Br2INO/c1-8-4-2-5-9(12(8)17)14(19)18-13-10(15)6-3-7-11(13)16/h2-7H,1H3,(H,18,19). The van der Waals surface area contributed by atoms with Crippen LogP contribution in [0.3, 0.4) is 0 Å². The highest BCUT2D eigenvalue weighted by molar-refractivity contribution is 14.1. The second kappa shape index (κ2) is 6.37. The Labute approximate surface area is 142 Å². The molecule has 1 amide bonds. The molecule has 98 valence electrons. The van der Waals surface area contributed by atoms with Crippen LogP contribution in [0.25, 0.3) is 0 Å². The van der Waals surface area contributed by atoms with E-state index in [1.807, 2.05) is 43.3 Å². The highest BCUT2D eigenvalue weighted by atomic mass is 127. The van der Waals surface area contributed by atoms with Gasteiger partial charge < -0.3 is 5.32 Å². The van der Waals surface area contributed by atoms with Gasteiger partial charge in [-0.1, -0.05) is 18.2 Å². The summed E-state index contributed by atoms with van der Waals surface area (Å²) in [5.41, 5.74) is 2.52. The lowest BCUT2D eigenvalue weighted by molar-refractivity contribution is 0.102. The minimum Gasteiger partial charge on any atom is -0.320 e. The largest absolute Gasteiger partial charge is 0.320 e. The first-order valence-electron chi connectivity index (χ1n) is 5.51. The zero-order valence-corrected chi connectivity index (χ0v) is 15.3.